The van der Waals surface area contributed by atoms with E-state index in [0.717, 1.165) is 5.56 Å². The van der Waals surface area contributed by atoms with Crippen LogP contribution in [0.5, 0.6) is 0 Å². The molecule has 2 aromatic rings. The quantitative estimate of drug-likeness (QED) is 0.847. The molecule has 26 heavy (non-hydrogen) atoms. The standard InChI is InChI=1S/C20H16F3NO2/c1-13-7-9-14(10-8-13)16-11-19(25,20(21,22)23)26-18(17(16)12-24)15-5-3-2-4-6-15/h2-10,16,25H,11H2,1H3/t16-,19+/m1/s1. The number of aliphatic hydroxyl groups is 1. The number of nitriles is 1. The van der Waals surface area contributed by atoms with E-state index in [1.54, 1.807) is 54.6 Å². The van der Waals surface area contributed by atoms with Gasteiger partial charge in [0.05, 0.1) is 11.6 Å². The first-order valence-corrected chi connectivity index (χ1v) is 7.99. The summed E-state index contributed by atoms with van der Waals surface area (Å²) in [4.78, 5) is 0. The zero-order valence-corrected chi connectivity index (χ0v) is 13.9. The van der Waals surface area contributed by atoms with E-state index >= 15 is 0 Å². The molecule has 0 unspecified atom stereocenters. The third kappa shape index (κ3) is 3.18. The number of rotatable bonds is 2. The second kappa shape index (κ2) is 6.50. The molecule has 1 aliphatic heterocycles. The second-order valence-corrected chi connectivity index (χ2v) is 6.27. The molecule has 0 aromatic heterocycles. The molecule has 0 fully saturated rings. The Kier molecular flexibility index (Phi) is 4.51. The summed E-state index contributed by atoms with van der Waals surface area (Å²) in [6, 6.07) is 16.9. The SMILES string of the molecule is Cc1ccc([C@H]2C[C@@](O)(C(F)(F)F)OC(c3ccccc3)=C2C#N)cc1. The van der Waals surface area contributed by atoms with Crippen molar-refractivity contribution < 1.29 is 23.0 Å². The van der Waals surface area contributed by atoms with Crippen LogP contribution in [0, 0.1) is 18.3 Å². The number of nitrogens with zero attached hydrogens (tertiary/aromatic N) is 1. The molecule has 6 heteroatoms. The average Bonchev–Trinajstić information content (AvgIpc) is 2.61. The molecule has 3 nitrogen and oxygen atoms in total. The van der Waals surface area contributed by atoms with Gasteiger partial charge in [-0.15, -0.1) is 0 Å². The van der Waals surface area contributed by atoms with Crippen LogP contribution in [0.2, 0.25) is 0 Å². The van der Waals surface area contributed by atoms with Crippen molar-refractivity contribution in [3.63, 3.8) is 0 Å². The molecule has 0 aliphatic carbocycles. The lowest BCUT2D eigenvalue weighted by Crippen LogP contribution is -2.50. The van der Waals surface area contributed by atoms with Crippen LogP contribution in [0.3, 0.4) is 0 Å². The van der Waals surface area contributed by atoms with Crippen LogP contribution in [-0.4, -0.2) is 17.1 Å². The van der Waals surface area contributed by atoms with Gasteiger partial charge in [0.2, 0.25) is 0 Å². The molecule has 0 radical (unpaired) electrons. The van der Waals surface area contributed by atoms with Gasteiger partial charge in [-0.3, -0.25) is 0 Å². The minimum atomic E-state index is -5.00. The molecular formula is C20H16F3NO2. The van der Waals surface area contributed by atoms with Crippen LogP contribution in [-0.2, 0) is 4.74 Å². The van der Waals surface area contributed by atoms with Crippen molar-refractivity contribution in [1.29, 1.82) is 5.26 Å². The molecule has 1 heterocycles. The van der Waals surface area contributed by atoms with E-state index in [1.807, 2.05) is 13.0 Å². The molecule has 0 saturated heterocycles. The van der Waals surface area contributed by atoms with Gasteiger partial charge in [0.25, 0.3) is 0 Å². The van der Waals surface area contributed by atoms with E-state index in [4.69, 9.17) is 4.74 Å². The van der Waals surface area contributed by atoms with E-state index in [-0.39, 0.29) is 11.3 Å². The predicted molar refractivity (Wildman–Crippen MR) is 89.6 cm³/mol. The minimum absolute atomic E-state index is 0.0639. The third-order valence-electron chi connectivity index (χ3n) is 4.42. The predicted octanol–water partition coefficient (Wildman–Crippen LogP) is 4.68. The summed E-state index contributed by atoms with van der Waals surface area (Å²) >= 11 is 0. The Bertz CT molecular complexity index is 867. The fourth-order valence-electron chi connectivity index (χ4n) is 2.99. The summed E-state index contributed by atoms with van der Waals surface area (Å²) in [6.45, 7) is 1.86. The molecule has 0 amide bonds. The van der Waals surface area contributed by atoms with Gasteiger partial charge in [-0.25, -0.2) is 0 Å². The van der Waals surface area contributed by atoms with Crippen LogP contribution >= 0.6 is 0 Å². The first-order valence-electron chi connectivity index (χ1n) is 7.99. The Morgan fingerprint density at radius 3 is 2.27 bits per heavy atom. The van der Waals surface area contributed by atoms with Crippen molar-refractivity contribution in [2.45, 2.75) is 31.2 Å². The number of aryl methyl sites for hydroxylation is 1. The Labute approximate surface area is 149 Å². The molecule has 134 valence electrons. The summed E-state index contributed by atoms with van der Waals surface area (Å²) in [5.41, 5.74) is 1.83. The number of hydrogen-bond donors (Lipinski definition) is 1. The van der Waals surface area contributed by atoms with Gasteiger partial charge in [0.15, 0.2) is 0 Å². The van der Waals surface area contributed by atoms with E-state index < -0.39 is 24.3 Å². The van der Waals surface area contributed by atoms with Crippen LogP contribution in [0.25, 0.3) is 5.76 Å². The van der Waals surface area contributed by atoms with Crippen LogP contribution in [0.15, 0.2) is 60.2 Å². The summed E-state index contributed by atoms with van der Waals surface area (Å²) in [5, 5.41) is 19.9. The molecule has 0 bridgehead atoms. The number of allylic oxidation sites excluding steroid dienone is 1. The molecular weight excluding hydrogens is 343 g/mol. The van der Waals surface area contributed by atoms with Gasteiger partial charge >= 0.3 is 12.0 Å². The van der Waals surface area contributed by atoms with Crippen LogP contribution in [0.4, 0.5) is 13.2 Å². The van der Waals surface area contributed by atoms with Crippen molar-refractivity contribution in [3.8, 4) is 6.07 Å². The zero-order chi connectivity index (χ0) is 18.9. The lowest BCUT2D eigenvalue weighted by Gasteiger charge is -2.39. The molecule has 1 N–H and O–H groups in total. The van der Waals surface area contributed by atoms with Gasteiger partial charge in [0, 0.05) is 17.9 Å². The van der Waals surface area contributed by atoms with E-state index in [9.17, 15) is 23.5 Å². The Hall–Kier alpha value is -2.78. The van der Waals surface area contributed by atoms with Crippen molar-refractivity contribution in [2.75, 3.05) is 0 Å². The Morgan fingerprint density at radius 2 is 1.73 bits per heavy atom. The van der Waals surface area contributed by atoms with Crippen molar-refractivity contribution in [2.24, 2.45) is 0 Å². The molecule has 3 rings (SSSR count). The largest absolute Gasteiger partial charge is 0.455 e. The fraction of sp³-hybridized carbons (Fsp3) is 0.250. The smallest absolute Gasteiger partial charge is 0.451 e. The second-order valence-electron chi connectivity index (χ2n) is 6.27. The zero-order valence-electron chi connectivity index (χ0n) is 13.9. The highest BCUT2D eigenvalue weighted by Gasteiger charge is 2.60. The van der Waals surface area contributed by atoms with E-state index in [2.05, 4.69) is 0 Å². The van der Waals surface area contributed by atoms with Crippen LogP contribution in [0.1, 0.15) is 29.0 Å². The van der Waals surface area contributed by atoms with Gasteiger partial charge in [-0.05, 0) is 12.5 Å². The highest BCUT2D eigenvalue weighted by atomic mass is 19.4. The summed E-state index contributed by atoms with van der Waals surface area (Å²) in [5.74, 6) is -4.55. The molecule has 2 aromatic carbocycles. The van der Waals surface area contributed by atoms with Crippen molar-refractivity contribution in [3.05, 3.63) is 76.9 Å². The van der Waals surface area contributed by atoms with Gasteiger partial charge in [-0.2, -0.15) is 18.4 Å². The first-order chi connectivity index (χ1) is 12.2. The average molecular weight is 359 g/mol. The lowest BCUT2D eigenvalue weighted by molar-refractivity contribution is -0.351. The third-order valence-corrected chi connectivity index (χ3v) is 4.42. The maximum atomic E-state index is 13.5. The number of benzene rings is 2. The van der Waals surface area contributed by atoms with Crippen molar-refractivity contribution >= 4 is 5.76 Å². The number of halogens is 3. The number of ether oxygens (including phenoxy) is 1. The maximum absolute atomic E-state index is 13.5. The molecule has 2 atom stereocenters. The van der Waals surface area contributed by atoms with Gasteiger partial charge in [0.1, 0.15) is 5.76 Å². The molecule has 0 saturated carbocycles. The van der Waals surface area contributed by atoms with Crippen molar-refractivity contribution in [1.82, 2.24) is 0 Å². The summed E-state index contributed by atoms with van der Waals surface area (Å²) in [6.07, 6.45) is -5.78. The Morgan fingerprint density at radius 1 is 1.12 bits per heavy atom. The molecule has 1 aliphatic rings. The van der Waals surface area contributed by atoms with Gasteiger partial charge in [-0.1, -0.05) is 60.2 Å². The molecule has 0 spiro atoms. The minimum Gasteiger partial charge on any atom is -0.451 e. The topological polar surface area (TPSA) is 53.2 Å². The fourth-order valence-corrected chi connectivity index (χ4v) is 2.99. The van der Waals surface area contributed by atoms with E-state index in [0.29, 0.717) is 11.1 Å². The first kappa shape index (κ1) is 18.0. The van der Waals surface area contributed by atoms with Gasteiger partial charge < -0.3 is 9.84 Å². The van der Waals surface area contributed by atoms with E-state index in [1.165, 1.54) is 0 Å². The monoisotopic (exact) mass is 359 g/mol. The lowest BCUT2D eigenvalue weighted by atomic mass is 9.81. The number of hydrogen-bond acceptors (Lipinski definition) is 3. The normalized spacial score (nSPS) is 23.3. The summed E-state index contributed by atoms with van der Waals surface area (Å²) < 4.78 is 45.5. The highest BCUT2D eigenvalue weighted by molar-refractivity contribution is 5.70. The number of alkyl halides is 3. The summed E-state index contributed by atoms with van der Waals surface area (Å²) in [7, 11) is 0. The van der Waals surface area contributed by atoms with Crippen LogP contribution < -0.4 is 0 Å². The maximum Gasteiger partial charge on any atom is 0.455 e. The highest BCUT2D eigenvalue weighted by Crippen LogP contribution is 2.49. The Balaban J connectivity index is 2.20.